The van der Waals surface area contributed by atoms with Crippen LogP contribution in [0.1, 0.15) is 281 Å². The summed E-state index contributed by atoms with van der Waals surface area (Å²) in [5.74, 6) is -10.3. The van der Waals surface area contributed by atoms with Gasteiger partial charge in [0.2, 0.25) is 52.8 Å². The standard InChI is InChI=1S/C39H57N5O7.C34H51N5O8.C31H53N5O7/c1-22(24-16-9-7-10-17-24)51-36(49)32(38(2,3)4)43-37(50)42-29(25-18-11-8-12-19-25)35(48)44-21-26-28(39(26,5)6)30(44)34(47)41-27(31(45)33(40)46)20-23-14-13-15-23;1-10-13-22(26(40)29(42)35-15-11-2)36-28(41)25-23-21(34(23,8)9)17-39(25)30(43)27(33(5,6)7)38-32(45)37-24(19(3)4)31(44)47-18-20-14-12-16-46-20;1-13-14-17(20(37)23(32)38)33-24(39)19-18-16(31(18,11)12)15-36(19)25(40)21(28(2,3)4)34-27(42)35-22(29(5,6)7)26(41)43-30(8,9)10/h7,9-10,16-17,22-23,25-30,32H,8,11-15,18-21H2,1-6H3,(H2,40,46)(H,41,47)(H2,42,43,50);11-12,14,16,19,21-25,27H,2,10,13,15,17-18H2,1,3-9H3,(H,35,42)(H,36,41)(H2,37,38,45);16-19,21-22H,13-15H2,1-12H3,(H2,32,38)(H,33,39)(H2,34,35,42)/t22-,26-,27?,28-,29-,30-,32+;21-,22?,23-,24-,25-,27+;16-,17?,18-,19-,21+,22+/m000/s1. The van der Waals surface area contributed by atoms with Gasteiger partial charge in [0.15, 0.2) is 0 Å². The first-order chi connectivity index (χ1) is 65.3. The molecule has 784 valence electrons. The molecule has 0 bridgehead atoms. The lowest BCUT2D eigenvalue weighted by Crippen LogP contribution is -2.63. The van der Waals surface area contributed by atoms with Crippen LogP contribution in [0, 0.1) is 91.2 Å². The molecule has 8 aliphatic rings. The Bertz CT molecular complexity index is 4890. The Balaban J connectivity index is 0.000000260. The number of hydrogen-bond acceptors (Lipinski definition) is 22. The molecule has 0 spiro atoms. The number of urea groups is 3. The monoisotopic (exact) mass is 1970 g/mol. The first-order valence-corrected chi connectivity index (χ1v) is 50.1. The number of rotatable bonds is 38. The maximum Gasteiger partial charge on any atom is 0.329 e. The van der Waals surface area contributed by atoms with Gasteiger partial charge in [-0.1, -0.05) is 240 Å². The number of amides is 15. The van der Waals surface area contributed by atoms with E-state index < -0.39 is 206 Å². The van der Waals surface area contributed by atoms with E-state index in [4.69, 9.17) is 30.1 Å². The Hall–Kier alpha value is -11.3. The van der Waals surface area contributed by atoms with Gasteiger partial charge in [-0.15, -0.1) is 6.58 Å². The number of carbonyl (C=O) groups is 18. The topological polar surface area (TPSA) is 530 Å². The molecule has 37 nitrogen and oxygen atoms in total. The van der Waals surface area contributed by atoms with E-state index in [-0.39, 0.29) is 101 Å². The van der Waals surface area contributed by atoms with Crippen molar-refractivity contribution in [1.29, 1.82) is 0 Å². The predicted molar refractivity (Wildman–Crippen MR) is 525 cm³/mol. The molecule has 15 amide bonds. The van der Waals surface area contributed by atoms with Crippen molar-refractivity contribution in [3.05, 3.63) is 72.7 Å². The first kappa shape index (κ1) is 115. The maximum absolute atomic E-state index is 14.6. The third kappa shape index (κ3) is 28.8. The smallest absolute Gasteiger partial charge is 0.329 e. The van der Waals surface area contributed by atoms with E-state index in [2.05, 4.69) is 73.6 Å². The summed E-state index contributed by atoms with van der Waals surface area (Å²) in [6, 6.07) is -1.38. The summed E-state index contributed by atoms with van der Waals surface area (Å²) < 4.78 is 21.9. The molecular weight excluding hydrogens is 1810 g/mol. The van der Waals surface area contributed by atoms with E-state index in [0.717, 1.165) is 56.9 Å². The zero-order chi connectivity index (χ0) is 106. The molecule has 2 aromatic rings. The van der Waals surface area contributed by atoms with Gasteiger partial charge < -0.3 is 98.0 Å². The van der Waals surface area contributed by atoms with Crippen LogP contribution in [-0.2, 0) is 92.7 Å². The molecule has 19 atom stereocenters. The Morgan fingerprint density at radius 1 is 0.475 bits per heavy atom. The number of furan rings is 1. The molecule has 5 aliphatic carbocycles. The summed E-state index contributed by atoms with van der Waals surface area (Å²) in [4.78, 5) is 243. The highest BCUT2D eigenvalue weighted by Crippen LogP contribution is 2.67. The first-order valence-electron chi connectivity index (χ1n) is 50.1. The van der Waals surface area contributed by atoms with Crippen molar-refractivity contribution in [2.24, 2.45) is 103 Å². The predicted octanol–water partition coefficient (Wildman–Crippen LogP) is 9.15. The fourth-order valence-electron chi connectivity index (χ4n) is 20.7. The number of nitrogens with one attached hydrogen (secondary N) is 10. The fourth-order valence-corrected chi connectivity index (χ4v) is 20.7. The highest BCUT2D eigenvalue weighted by molar-refractivity contribution is 6.39. The summed E-state index contributed by atoms with van der Waals surface area (Å²) in [7, 11) is 0. The molecule has 37 heteroatoms. The van der Waals surface area contributed by atoms with Gasteiger partial charge in [-0.05, 0) is 169 Å². The van der Waals surface area contributed by atoms with Crippen LogP contribution < -0.4 is 64.6 Å². The summed E-state index contributed by atoms with van der Waals surface area (Å²) in [5.41, 5.74) is 7.08. The molecule has 14 N–H and O–H groups in total. The van der Waals surface area contributed by atoms with Crippen LogP contribution in [0.4, 0.5) is 14.4 Å². The molecule has 4 heterocycles. The van der Waals surface area contributed by atoms with Gasteiger partial charge in [-0.3, -0.25) is 57.5 Å². The number of Topliss-reactive ketones (excluding diaryl/α,β-unsaturated/α-hetero) is 3. The number of carbonyl (C=O) groups excluding carboxylic acids is 18. The summed E-state index contributed by atoms with van der Waals surface area (Å²) in [6.45, 7) is 52.6. The third-order valence-electron chi connectivity index (χ3n) is 29.6. The molecule has 5 saturated carbocycles. The Kier molecular flexibility index (Phi) is 37.8. The molecule has 3 aliphatic heterocycles. The SMILES string of the molecule is C=CCNC(=O)C(=O)C(CCC)NC(=O)[C@@H]1[C@@H]2[C@H](CN1C(=O)[C@@H](NC(=O)N[C@H](C(=O)OCc1ccco1)C(C)C)C(C)(C)C)C2(C)C.CCCC(NC(=O)[C@@H]1[C@@H]2[C@H](CN1C(=O)[C@@H](NC(=O)N[C@H](C(=O)OC(C)(C)C)C(C)(C)C)C(C)(C)C)C2(C)C)C(=O)C(N)=O.C[C@H](OC(=O)[C@@H](NC(=O)N[C@H](C(=O)N1C[C@H]2[C@@H]([C@H]1C(=O)NC(CC1CCC1)C(=O)C(N)=O)C2(C)C)C1CCCCC1)C(C)(C)C)c1ccccc1. The number of ether oxygens (including phenoxy) is 3. The lowest BCUT2D eigenvalue weighted by molar-refractivity contribution is -0.160. The highest BCUT2D eigenvalue weighted by Gasteiger charge is 2.73. The quantitative estimate of drug-likeness (QED) is 0.0129. The second kappa shape index (κ2) is 46.4. The van der Waals surface area contributed by atoms with E-state index in [0.29, 0.717) is 44.7 Å². The van der Waals surface area contributed by atoms with Crippen LogP contribution in [0.3, 0.4) is 0 Å². The lowest BCUT2D eigenvalue weighted by Gasteiger charge is -2.38. The van der Waals surface area contributed by atoms with Crippen molar-refractivity contribution in [3.8, 4) is 0 Å². The Labute approximate surface area is 831 Å². The summed E-state index contributed by atoms with van der Waals surface area (Å²) >= 11 is 0. The van der Waals surface area contributed by atoms with Crippen molar-refractivity contribution < 1.29 is 105 Å². The largest absolute Gasteiger partial charge is 0.466 e. The average Bonchev–Trinajstić information content (AvgIpc) is 1.53. The van der Waals surface area contributed by atoms with Crippen LogP contribution in [0.15, 0.2) is 65.8 Å². The minimum Gasteiger partial charge on any atom is -0.466 e. The van der Waals surface area contributed by atoms with Gasteiger partial charge in [-0.25, -0.2) is 28.8 Å². The number of nitrogens with two attached hydrogens (primary N) is 2. The highest BCUT2D eigenvalue weighted by atomic mass is 16.6. The molecule has 10 rings (SSSR count). The molecule has 3 unspecified atom stereocenters. The molecule has 141 heavy (non-hydrogen) atoms. The van der Waals surface area contributed by atoms with Crippen molar-refractivity contribution >= 4 is 107 Å². The number of benzene rings is 1. The molecular formula is C104H161N15O22. The van der Waals surface area contributed by atoms with Crippen LogP contribution >= 0.6 is 0 Å². The lowest BCUT2D eigenvalue weighted by atomic mass is 9.80. The zero-order valence-electron chi connectivity index (χ0n) is 87.8. The summed E-state index contributed by atoms with van der Waals surface area (Å²) in [6.07, 6.45) is 11.4. The Morgan fingerprint density at radius 3 is 1.27 bits per heavy atom. The minimum absolute atomic E-state index is 0.0436. The normalized spacial score (nSPS) is 23.4. The minimum atomic E-state index is -1.13. The van der Waals surface area contributed by atoms with E-state index in [1.54, 1.807) is 121 Å². The number of likely N-dealkylation sites (tertiary alicyclic amines) is 3. The zero-order valence-corrected chi connectivity index (χ0v) is 87.8. The van der Waals surface area contributed by atoms with Gasteiger partial charge in [0.25, 0.3) is 17.7 Å². The second-order valence-electron chi connectivity index (χ2n) is 47.1. The number of fused-ring (bicyclic) bond motifs is 3. The van der Waals surface area contributed by atoms with Gasteiger partial charge in [-0.2, -0.15) is 0 Å². The number of hydrogen-bond donors (Lipinski definition) is 12. The number of ketones is 3. The van der Waals surface area contributed by atoms with Gasteiger partial charge in [0.05, 0.1) is 24.4 Å². The van der Waals surface area contributed by atoms with Crippen molar-refractivity contribution in [1.82, 2.24) is 67.9 Å². The number of nitrogens with zero attached hydrogens (tertiary/aromatic N) is 3. The second-order valence-corrected chi connectivity index (χ2v) is 47.1. The summed E-state index contributed by atoms with van der Waals surface area (Å²) in [5, 5.41) is 27.3. The fraction of sp³-hybridized carbons (Fsp3) is 0.712. The Morgan fingerprint density at radius 2 is 0.879 bits per heavy atom. The van der Waals surface area contributed by atoms with Crippen LogP contribution in [0.5, 0.6) is 0 Å². The molecule has 0 radical (unpaired) electrons. The number of piperidine rings is 3. The van der Waals surface area contributed by atoms with Crippen LogP contribution in [-0.4, -0.2) is 225 Å². The van der Waals surface area contributed by atoms with Crippen molar-refractivity contribution in [2.75, 3.05) is 26.2 Å². The van der Waals surface area contributed by atoms with E-state index in [1.165, 1.54) is 22.1 Å². The van der Waals surface area contributed by atoms with E-state index in [1.807, 2.05) is 92.6 Å². The maximum atomic E-state index is 14.6. The number of primary amides is 2. The average molecular weight is 1970 g/mol. The number of esters is 3. The van der Waals surface area contributed by atoms with E-state index in [9.17, 15) is 86.3 Å². The van der Waals surface area contributed by atoms with Gasteiger partial charge >= 0.3 is 36.0 Å². The van der Waals surface area contributed by atoms with E-state index >= 15 is 0 Å². The molecule has 1 aromatic heterocycles. The van der Waals surface area contributed by atoms with Crippen molar-refractivity contribution in [2.45, 2.75) is 354 Å². The molecule has 3 saturated heterocycles. The van der Waals surface area contributed by atoms with Crippen molar-refractivity contribution in [3.63, 3.8) is 0 Å². The van der Waals surface area contributed by atoms with Gasteiger partial charge in [0.1, 0.15) is 78.4 Å². The van der Waals surface area contributed by atoms with Crippen LogP contribution in [0.2, 0.25) is 0 Å². The third-order valence-corrected chi connectivity index (χ3v) is 29.6. The molecule has 1 aromatic carbocycles. The van der Waals surface area contributed by atoms with Gasteiger partial charge in [0, 0.05) is 26.2 Å². The molecule has 8 fully saturated rings. The van der Waals surface area contributed by atoms with Crippen LogP contribution in [0.25, 0.3) is 0 Å².